The van der Waals surface area contributed by atoms with Crippen molar-refractivity contribution in [1.82, 2.24) is 0 Å². The third-order valence-corrected chi connectivity index (χ3v) is 4.68. The van der Waals surface area contributed by atoms with Gasteiger partial charge in [0.25, 0.3) is 0 Å². The quantitative estimate of drug-likeness (QED) is 0.739. The van der Waals surface area contributed by atoms with E-state index in [9.17, 15) is 13.2 Å². The Morgan fingerprint density at radius 1 is 1.17 bits per heavy atom. The van der Waals surface area contributed by atoms with E-state index < -0.39 is 11.7 Å². The number of anilines is 1. The van der Waals surface area contributed by atoms with Crippen LogP contribution in [-0.2, 0) is 12.6 Å². The van der Waals surface area contributed by atoms with E-state index in [0.29, 0.717) is 11.5 Å². The zero-order valence-corrected chi connectivity index (χ0v) is 13.2. The van der Waals surface area contributed by atoms with Gasteiger partial charge in [-0.15, -0.1) is 0 Å². The molecule has 0 saturated heterocycles. The summed E-state index contributed by atoms with van der Waals surface area (Å²) >= 11 is 0. The Morgan fingerprint density at radius 3 is 2.65 bits per heavy atom. The van der Waals surface area contributed by atoms with Gasteiger partial charge < -0.3 is 5.32 Å². The molecule has 0 aromatic heterocycles. The molecule has 1 N–H and O–H groups in total. The second kappa shape index (κ2) is 5.91. The van der Waals surface area contributed by atoms with Crippen molar-refractivity contribution in [2.75, 3.05) is 5.32 Å². The van der Waals surface area contributed by atoms with Gasteiger partial charge in [-0.2, -0.15) is 13.2 Å². The predicted molar refractivity (Wildman–Crippen MR) is 86.7 cm³/mol. The summed E-state index contributed by atoms with van der Waals surface area (Å²) in [5.41, 5.74) is 3.59. The number of nitrogens with one attached hydrogen (secondary N) is 1. The molecule has 0 saturated carbocycles. The van der Waals surface area contributed by atoms with Crippen LogP contribution in [0.15, 0.2) is 42.5 Å². The lowest BCUT2D eigenvalue weighted by molar-refractivity contribution is -0.137. The number of rotatable bonds is 3. The Labute approximate surface area is 134 Å². The van der Waals surface area contributed by atoms with Crippen molar-refractivity contribution in [1.29, 1.82) is 0 Å². The molecule has 3 rings (SSSR count). The molecule has 1 aliphatic heterocycles. The van der Waals surface area contributed by atoms with Crippen molar-refractivity contribution in [2.45, 2.75) is 44.8 Å². The van der Waals surface area contributed by atoms with E-state index in [1.807, 2.05) is 6.07 Å². The van der Waals surface area contributed by atoms with E-state index in [1.54, 1.807) is 6.07 Å². The van der Waals surface area contributed by atoms with Gasteiger partial charge in [-0.3, -0.25) is 0 Å². The third kappa shape index (κ3) is 3.21. The highest BCUT2D eigenvalue weighted by atomic mass is 19.4. The third-order valence-electron chi connectivity index (χ3n) is 4.68. The molecule has 4 heteroatoms. The smallest absolute Gasteiger partial charge is 0.378 e. The number of hydrogen-bond donors (Lipinski definition) is 1. The van der Waals surface area contributed by atoms with E-state index in [1.165, 1.54) is 23.3 Å². The number of fused-ring (bicyclic) bond motifs is 1. The highest BCUT2D eigenvalue weighted by molar-refractivity contribution is 5.59. The van der Waals surface area contributed by atoms with Crippen molar-refractivity contribution >= 4 is 5.69 Å². The minimum atomic E-state index is -4.30. The van der Waals surface area contributed by atoms with E-state index in [-0.39, 0.29) is 6.04 Å². The lowest BCUT2D eigenvalue weighted by atomic mass is 9.95. The van der Waals surface area contributed by atoms with Crippen molar-refractivity contribution in [2.24, 2.45) is 0 Å². The Hall–Kier alpha value is -1.97. The predicted octanol–water partition coefficient (Wildman–Crippen LogP) is 5.93. The fraction of sp³-hybridized carbons (Fsp3) is 0.368. The molecule has 0 spiro atoms. The van der Waals surface area contributed by atoms with Gasteiger partial charge in [0.1, 0.15) is 0 Å². The molecule has 2 aromatic carbocycles. The van der Waals surface area contributed by atoms with Crippen molar-refractivity contribution in [3.63, 3.8) is 0 Å². The Kier molecular flexibility index (Phi) is 4.09. The van der Waals surface area contributed by atoms with E-state index in [4.69, 9.17) is 0 Å². The Morgan fingerprint density at radius 2 is 1.96 bits per heavy atom. The minimum Gasteiger partial charge on any atom is -0.378 e. The second-order valence-electron chi connectivity index (χ2n) is 6.25. The average Bonchev–Trinajstić information content (AvgIpc) is 2.96. The van der Waals surface area contributed by atoms with Gasteiger partial charge in [-0.25, -0.2) is 0 Å². The van der Waals surface area contributed by atoms with Crippen molar-refractivity contribution in [3.8, 4) is 0 Å². The van der Waals surface area contributed by atoms with Crippen LogP contribution in [0.1, 0.15) is 54.5 Å². The monoisotopic (exact) mass is 319 g/mol. The molecule has 122 valence electrons. The summed E-state index contributed by atoms with van der Waals surface area (Å²) in [7, 11) is 0. The highest BCUT2D eigenvalue weighted by Crippen LogP contribution is 2.38. The summed E-state index contributed by atoms with van der Waals surface area (Å²) in [5, 5.41) is 3.35. The van der Waals surface area contributed by atoms with E-state index in [0.717, 1.165) is 24.6 Å². The molecule has 1 nitrogen and oxygen atoms in total. The van der Waals surface area contributed by atoms with E-state index in [2.05, 4.69) is 31.3 Å². The lowest BCUT2D eigenvalue weighted by Crippen LogP contribution is -2.09. The molecule has 23 heavy (non-hydrogen) atoms. The molecular weight excluding hydrogens is 299 g/mol. The molecule has 0 amide bonds. The van der Waals surface area contributed by atoms with Gasteiger partial charge in [0.15, 0.2) is 0 Å². The van der Waals surface area contributed by atoms with Gasteiger partial charge >= 0.3 is 6.18 Å². The highest BCUT2D eigenvalue weighted by Gasteiger charge is 2.31. The average molecular weight is 319 g/mol. The zero-order chi connectivity index (χ0) is 16.6. The Balaban J connectivity index is 1.85. The molecule has 2 atom stereocenters. The summed E-state index contributed by atoms with van der Waals surface area (Å²) < 4.78 is 38.6. The summed E-state index contributed by atoms with van der Waals surface area (Å²) in [5.74, 6) is 0.493. The van der Waals surface area contributed by atoms with Gasteiger partial charge in [-0.05, 0) is 53.6 Å². The topological polar surface area (TPSA) is 12.0 Å². The van der Waals surface area contributed by atoms with Crippen molar-refractivity contribution < 1.29 is 13.2 Å². The van der Waals surface area contributed by atoms with Gasteiger partial charge in [0.05, 0.1) is 11.6 Å². The van der Waals surface area contributed by atoms with Crippen LogP contribution in [0.5, 0.6) is 0 Å². The lowest BCUT2D eigenvalue weighted by Gasteiger charge is -2.14. The van der Waals surface area contributed by atoms with Crippen LogP contribution in [0.4, 0.5) is 18.9 Å². The van der Waals surface area contributed by atoms with Crippen LogP contribution in [0.25, 0.3) is 0 Å². The molecule has 0 aliphatic carbocycles. The van der Waals surface area contributed by atoms with Crippen molar-refractivity contribution in [3.05, 3.63) is 64.7 Å². The molecule has 2 aromatic rings. The summed E-state index contributed by atoms with van der Waals surface area (Å²) in [6.45, 7) is 4.34. The maximum atomic E-state index is 12.9. The maximum absolute atomic E-state index is 12.9. The largest absolute Gasteiger partial charge is 0.416 e. The molecule has 1 heterocycles. The fourth-order valence-electron chi connectivity index (χ4n) is 3.06. The maximum Gasteiger partial charge on any atom is 0.416 e. The van der Waals surface area contributed by atoms with Crippen LogP contribution in [-0.4, -0.2) is 0 Å². The molecule has 0 bridgehead atoms. The van der Waals surface area contributed by atoms with Crippen LogP contribution in [0.3, 0.4) is 0 Å². The molecule has 0 fully saturated rings. The summed E-state index contributed by atoms with van der Waals surface area (Å²) in [6.07, 6.45) is -2.50. The van der Waals surface area contributed by atoms with Crippen LogP contribution < -0.4 is 5.32 Å². The van der Waals surface area contributed by atoms with Gasteiger partial charge in [0, 0.05) is 5.69 Å². The fourth-order valence-corrected chi connectivity index (χ4v) is 3.06. The minimum absolute atomic E-state index is 0.0977. The normalized spacial score (nSPS) is 18.4. The summed E-state index contributed by atoms with van der Waals surface area (Å²) in [6, 6.07) is 11.8. The summed E-state index contributed by atoms with van der Waals surface area (Å²) in [4.78, 5) is 0. The first-order chi connectivity index (χ1) is 10.9. The van der Waals surface area contributed by atoms with E-state index >= 15 is 0 Å². The first-order valence-corrected chi connectivity index (χ1v) is 7.95. The molecule has 0 radical (unpaired) electrons. The number of benzene rings is 2. The second-order valence-corrected chi connectivity index (χ2v) is 6.25. The van der Waals surface area contributed by atoms with Crippen LogP contribution in [0, 0.1) is 0 Å². The number of hydrogen-bond acceptors (Lipinski definition) is 1. The van der Waals surface area contributed by atoms with Crippen LogP contribution in [0.2, 0.25) is 0 Å². The van der Waals surface area contributed by atoms with Gasteiger partial charge in [0.2, 0.25) is 0 Å². The molecular formula is C19H20F3N. The molecule has 1 aliphatic rings. The van der Waals surface area contributed by atoms with Crippen LogP contribution >= 0.6 is 0 Å². The number of halogens is 3. The molecule has 2 unspecified atom stereocenters. The standard InChI is InChI=1S/C19H20F3N/c1-3-12(2)13-7-8-17-15(9-13)11-18(23-17)14-5-4-6-16(10-14)19(20,21)22/h4-10,12,18,23H,3,11H2,1-2H3. The number of alkyl halides is 3. The SMILES string of the molecule is CCC(C)c1ccc2c(c1)CC(c1cccc(C(F)(F)F)c1)N2. The Bertz CT molecular complexity index is 706. The zero-order valence-electron chi connectivity index (χ0n) is 13.2. The first kappa shape index (κ1) is 15.9. The van der Waals surface area contributed by atoms with Gasteiger partial charge in [-0.1, -0.05) is 38.1 Å². The first-order valence-electron chi connectivity index (χ1n) is 7.95.